The van der Waals surface area contributed by atoms with Crippen molar-refractivity contribution in [3.05, 3.63) is 58.1 Å². The van der Waals surface area contributed by atoms with Crippen LogP contribution in [0.1, 0.15) is 29.3 Å². The Morgan fingerprint density at radius 1 is 1.21 bits per heavy atom. The molecule has 0 saturated heterocycles. The molecule has 6 heteroatoms. The molecule has 2 rings (SSSR count). The maximum atomic E-state index is 12.2. The lowest BCUT2D eigenvalue weighted by atomic mass is 10.2. The summed E-state index contributed by atoms with van der Waals surface area (Å²) in [6.45, 7) is 2.88. The van der Waals surface area contributed by atoms with Gasteiger partial charge in [0.2, 0.25) is 0 Å². The average molecular weight is 394 g/mol. The maximum Gasteiger partial charge on any atom is 0.275 e. The van der Waals surface area contributed by atoms with Gasteiger partial charge in [0.15, 0.2) is 11.5 Å². The van der Waals surface area contributed by atoms with Gasteiger partial charge < -0.3 is 9.47 Å². The first-order valence-electron chi connectivity index (χ1n) is 7.62. The fraction of sp³-hybridized carbons (Fsp3) is 0.278. The fourth-order valence-electron chi connectivity index (χ4n) is 2.01. The number of amides is 1. The first kappa shape index (κ1) is 18.3. The van der Waals surface area contributed by atoms with Crippen LogP contribution < -0.4 is 15.0 Å². The summed E-state index contributed by atoms with van der Waals surface area (Å²) in [5.74, 6) is 0.721. The summed E-state index contributed by atoms with van der Waals surface area (Å²) < 4.78 is 11.6. The summed E-state index contributed by atoms with van der Waals surface area (Å²) in [4.78, 5) is 17.5. The molecule has 0 fully saturated rings. The van der Waals surface area contributed by atoms with Gasteiger partial charge >= 0.3 is 0 Å². The zero-order valence-corrected chi connectivity index (χ0v) is 15.3. The van der Waals surface area contributed by atoms with Crippen LogP contribution >= 0.6 is 15.9 Å². The van der Waals surface area contributed by atoms with E-state index in [2.05, 4.69) is 21.4 Å². The van der Waals surface area contributed by atoms with Gasteiger partial charge in [0.1, 0.15) is 0 Å². The first-order chi connectivity index (χ1) is 11.7. The van der Waals surface area contributed by atoms with E-state index in [4.69, 9.17) is 14.3 Å². The van der Waals surface area contributed by atoms with Crippen molar-refractivity contribution in [2.75, 3.05) is 13.7 Å². The number of rotatable bonds is 8. The van der Waals surface area contributed by atoms with Gasteiger partial charge in [-0.2, -0.15) is 0 Å². The molecule has 128 valence electrons. The van der Waals surface area contributed by atoms with Crippen LogP contribution in [-0.4, -0.2) is 19.6 Å². The summed E-state index contributed by atoms with van der Waals surface area (Å²) in [6.07, 6.45) is 0.880. The van der Waals surface area contributed by atoms with Crippen molar-refractivity contribution in [2.24, 2.45) is 0 Å². The van der Waals surface area contributed by atoms with E-state index in [1.807, 2.05) is 37.3 Å². The molecule has 0 atom stereocenters. The van der Waals surface area contributed by atoms with E-state index in [1.54, 1.807) is 12.1 Å². The van der Waals surface area contributed by atoms with Gasteiger partial charge in [0.25, 0.3) is 5.91 Å². The third-order valence-electron chi connectivity index (χ3n) is 3.19. The fourth-order valence-corrected chi connectivity index (χ4v) is 2.57. The predicted octanol–water partition coefficient (Wildman–Crippen LogP) is 4.11. The van der Waals surface area contributed by atoms with E-state index in [-0.39, 0.29) is 5.91 Å². The number of ether oxygens (including phenoxy) is 2. The SMILES string of the molecule is CCCOc1c(Br)cc(C(=O)NOCc2ccccc2)cc1OC. The van der Waals surface area contributed by atoms with Crippen LogP contribution in [-0.2, 0) is 11.4 Å². The Labute approximate surface area is 150 Å². The molecule has 0 saturated carbocycles. The van der Waals surface area contributed by atoms with E-state index >= 15 is 0 Å². The molecule has 0 aliphatic carbocycles. The molecule has 2 aromatic rings. The topological polar surface area (TPSA) is 56.8 Å². The van der Waals surface area contributed by atoms with Gasteiger partial charge in [-0.05, 0) is 40.0 Å². The largest absolute Gasteiger partial charge is 0.493 e. The van der Waals surface area contributed by atoms with Crippen LogP contribution in [0.3, 0.4) is 0 Å². The lowest BCUT2D eigenvalue weighted by molar-refractivity contribution is 0.0233. The number of carbonyl (C=O) groups excluding carboxylic acids is 1. The van der Waals surface area contributed by atoms with E-state index in [0.717, 1.165) is 12.0 Å². The highest BCUT2D eigenvalue weighted by atomic mass is 79.9. The average Bonchev–Trinajstić information content (AvgIpc) is 2.60. The smallest absolute Gasteiger partial charge is 0.275 e. The van der Waals surface area contributed by atoms with Crippen molar-refractivity contribution >= 4 is 21.8 Å². The van der Waals surface area contributed by atoms with E-state index in [9.17, 15) is 4.79 Å². The molecular formula is C18H20BrNO4. The summed E-state index contributed by atoms with van der Waals surface area (Å²) >= 11 is 3.42. The van der Waals surface area contributed by atoms with Crippen LogP contribution in [0.15, 0.2) is 46.9 Å². The number of nitrogens with one attached hydrogen (secondary N) is 1. The molecule has 0 aliphatic heterocycles. The molecule has 2 aromatic carbocycles. The molecule has 0 aromatic heterocycles. The van der Waals surface area contributed by atoms with Crippen molar-refractivity contribution in [3.8, 4) is 11.5 Å². The van der Waals surface area contributed by atoms with Crippen LogP contribution in [0.5, 0.6) is 11.5 Å². The van der Waals surface area contributed by atoms with Crippen molar-refractivity contribution in [1.29, 1.82) is 0 Å². The van der Waals surface area contributed by atoms with Gasteiger partial charge in [0.05, 0.1) is 24.8 Å². The normalized spacial score (nSPS) is 10.3. The molecule has 24 heavy (non-hydrogen) atoms. The van der Waals surface area contributed by atoms with Gasteiger partial charge in [-0.3, -0.25) is 9.63 Å². The Morgan fingerprint density at radius 3 is 2.62 bits per heavy atom. The maximum absolute atomic E-state index is 12.2. The second-order valence-electron chi connectivity index (χ2n) is 5.04. The van der Waals surface area contributed by atoms with Crippen molar-refractivity contribution in [1.82, 2.24) is 5.48 Å². The third kappa shape index (κ3) is 4.97. The number of benzene rings is 2. The lowest BCUT2D eigenvalue weighted by Crippen LogP contribution is -2.23. The summed E-state index contributed by atoms with van der Waals surface area (Å²) in [5.41, 5.74) is 3.82. The lowest BCUT2D eigenvalue weighted by Gasteiger charge is -2.14. The van der Waals surface area contributed by atoms with Gasteiger partial charge in [0, 0.05) is 5.56 Å². The Hall–Kier alpha value is -2.05. The highest BCUT2D eigenvalue weighted by Crippen LogP contribution is 2.36. The molecule has 1 N–H and O–H groups in total. The number of methoxy groups -OCH3 is 1. The summed E-state index contributed by atoms with van der Waals surface area (Å²) in [6, 6.07) is 12.9. The molecule has 0 heterocycles. The predicted molar refractivity (Wildman–Crippen MR) is 95.2 cm³/mol. The molecule has 0 aliphatic rings. The zero-order chi connectivity index (χ0) is 17.4. The van der Waals surface area contributed by atoms with Crippen molar-refractivity contribution in [3.63, 3.8) is 0 Å². The minimum Gasteiger partial charge on any atom is -0.493 e. The highest BCUT2D eigenvalue weighted by molar-refractivity contribution is 9.10. The monoisotopic (exact) mass is 393 g/mol. The standard InChI is InChI=1S/C18H20BrNO4/c1-3-9-23-17-15(19)10-14(11-16(17)22-2)18(21)20-24-12-13-7-5-4-6-8-13/h4-8,10-11H,3,9,12H2,1-2H3,(H,20,21). The Balaban J connectivity index is 2.02. The van der Waals surface area contributed by atoms with Gasteiger partial charge in [-0.25, -0.2) is 5.48 Å². The molecular weight excluding hydrogens is 374 g/mol. The Morgan fingerprint density at radius 2 is 1.96 bits per heavy atom. The first-order valence-corrected chi connectivity index (χ1v) is 8.41. The van der Waals surface area contributed by atoms with Crippen molar-refractivity contribution in [2.45, 2.75) is 20.0 Å². The van der Waals surface area contributed by atoms with E-state index in [0.29, 0.717) is 34.7 Å². The second kappa shape index (κ2) is 9.30. The van der Waals surface area contributed by atoms with Gasteiger partial charge in [-0.15, -0.1) is 0 Å². The Kier molecular flexibility index (Phi) is 7.08. The van der Waals surface area contributed by atoms with E-state index in [1.165, 1.54) is 7.11 Å². The summed E-state index contributed by atoms with van der Waals surface area (Å²) in [5, 5.41) is 0. The number of carbonyl (C=O) groups is 1. The van der Waals surface area contributed by atoms with Crippen LogP contribution in [0.2, 0.25) is 0 Å². The highest BCUT2D eigenvalue weighted by Gasteiger charge is 2.15. The number of hydrogen-bond acceptors (Lipinski definition) is 4. The molecule has 5 nitrogen and oxygen atoms in total. The van der Waals surface area contributed by atoms with E-state index < -0.39 is 0 Å². The molecule has 1 amide bonds. The zero-order valence-electron chi connectivity index (χ0n) is 13.7. The molecule has 0 radical (unpaired) electrons. The number of halogens is 1. The molecule has 0 unspecified atom stereocenters. The Bertz CT molecular complexity index is 676. The van der Waals surface area contributed by atoms with Crippen molar-refractivity contribution < 1.29 is 19.1 Å². The van der Waals surface area contributed by atoms with Gasteiger partial charge in [-0.1, -0.05) is 37.3 Å². The minimum atomic E-state index is -0.355. The summed E-state index contributed by atoms with van der Waals surface area (Å²) in [7, 11) is 1.54. The molecule has 0 spiro atoms. The molecule has 0 bridgehead atoms. The van der Waals surface area contributed by atoms with Crippen LogP contribution in [0, 0.1) is 0 Å². The number of hydroxylamine groups is 1. The van der Waals surface area contributed by atoms with Crippen LogP contribution in [0.25, 0.3) is 0 Å². The number of hydrogen-bond donors (Lipinski definition) is 1. The van der Waals surface area contributed by atoms with Crippen LogP contribution in [0.4, 0.5) is 0 Å². The minimum absolute atomic E-state index is 0.294. The second-order valence-corrected chi connectivity index (χ2v) is 5.90. The third-order valence-corrected chi connectivity index (χ3v) is 3.78. The quantitative estimate of drug-likeness (QED) is 0.685.